The smallest absolute Gasteiger partial charge is 0.336 e. The summed E-state index contributed by atoms with van der Waals surface area (Å²) in [5, 5.41) is 20.1. The number of rotatable bonds is 4. The largest absolute Gasteiger partial charge is 0.478 e. The second kappa shape index (κ2) is 5.80. The van der Waals surface area contributed by atoms with Gasteiger partial charge in [-0.05, 0) is 41.5 Å². The first-order chi connectivity index (χ1) is 11.0. The first-order valence-electron chi connectivity index (χ1n) is 6.64. The van der Waals surface area contributed by atoms with Gasteiger partial charge in [-0.15, -0.1) is 0 Å². The molecule has 0 unspecified atom stereocenters. The lowest BCUT2D eigenvalue weighted by atomic mass is 10.0. The molecule has 1 N–H and O–H groups in total. The van der Waals surface area contributed by atoms with Crippen LogP contribution in [0, 0.1) is 10.1 Å². The number of hydrogen-bond acceptors (Lipinski definition) is 5. The molecule has 1 aliphatic heterocycles. The minimum atomic E-state index is -1.13. The van der Waals surface area contributed by atoms with Crippen molar-refractivity contribution in [3.8, 4) is 11.5 Å². The van der Waals surface area contributed by atoms with E-state index in [1.807, 2.05) is 0 Å². The summed E-state index contributed by atoms with van der Waals surface area (Å²) in [4.78, 5) is 21.6. The van der Waals surface area contributed by atoms with Crippen molar-refractivity contribution < 1.29 is 24.3 Å². The van der Waals surface area contributed by atoms with E-state index in [-0.39, 0.29) is 18.1 Å². The Morgan fingerprint density at radius 2 is 1.83 bits per heavy atom. The molecule has 0 fully saturated rings. The Balaban J connectivity index is 1.98. The summed E-state index contributed by atoms with van der Waals surface area (Å²) in [5.41, 5.74) is 0.936. The van der Waals surface area contributed by atoms with Gasteiger partial charge in [-0.2, -0.15) is 0 Å². The Morgan fingerprint density at radius 1 is 1.13 bits per heavy atom. The Bertz CT molecular complexity index is 810. The van der Waals surface area contributed by atoms with Gasteiger partial charge in [0.1, 0.15) is 0 Å². The number of nitro groups is 1. The monoisotopic (exact) mass is 313 g/mol. The van der Waals surface area contributed by atoms with Crippen LogP contribution in [0.5, 0.6) is 11.5 Å². The van der Waals surface area contributed by atoms with Crippen molar-refractivity contribution in [3.05, 3.63) is 63.7 Å². The standard InChI is InChI=1S/C16H11NO6/c18-16(19)13(11-2-4-12(5-3-11)17(20)21)7-10-1-6-14-15(8-10)23-9-22-14/h1-8H,9H2,(H,18,19)/b13-7-. The van der Waals surface area contributed by atoms with Gasteiger partial charge in [0.15, 0.2) is 11.5 Å². The fourth-order valence-corrected chi connectivity index (χ4v) is 2.20. The summed E-state index contributed by atoms with van der Waals surface area (Å²) >= 11 is 0. The molecule has 0 saturated heterocycles. The number of aliphatic carboxylic acids is 1. The van der Waals surface area contributed by atoms with Crippen molar-refractivity contribution in [3.63, 3.8) is 0 Å². The molecule has 0 spiro atoms. The molecular weight excluding hydrogens is 302 g/mol. The molecule has 7 heteroatoms. The van der Waals surface area contributed by atoms with Gasteiger partial charge >= 0.3 is 5.97 Å². The van der Waals surface area contributed by atoms with Crippen LogP contribution in [-0.2, 0) is 4.79 Å². The minimum absolute atomic E-state index is 0.0266. The predicted octanol–water partition coefficient (Wildman–Crippen LogP) is 2.95. The van der Waals surface area contributed by atoms with Gasteiger partial charge in [-0.3, -0.25) is 10.1 Å². The average Bonchev–Trinajstić information content (AvgIpc) is 3.00. The highest BCUT2D eigenvalue weighted by atomic mass is 16.7. The van der Waals surface area contributed by atoms with Crippen LogP contribution in [0.4, 0.5) is 5.69 Å². The Kier molecular flexibility index (Phi) is 3.68. The van der Waals surface area contributed by atoms with Crippen LogP contribution in [0.2, 0.25) is 0 Å². The zero-order valence-corrected chi connectivity index (χ0v) is 11.8. The Hall–Kier alpha value is -3.35. The summed E-state index contributed by atoms with van der Waals surface area (Å²) in [6.07, 6.45) is 1.48. The summed E-state index contributed by atoms with van der Waals surface area (Å²) in [6, 6.07) is 10.4. The molecule has 0 atom stereocenters. The molecule has 0 aliphatic carbocycles. The number of nitro benzene ring substituents is 1. The molecule has 1 aliphatic rings. The molecule has 23 heavy (non-hydrogen) atoms. The maximum atomic E-state index is 11.5. The van der Waals surface area contributed by atoms with E-state index in [1.54, 1.807) is 18.2 Å². The second-order valence-corrected chi connectivity index (χ2v) is 4.78. The number of carbonyl (C=O) groups is 1. The zero-order valence-electron chi connectivity index (χ0n) is 11.8. The first-order valence-corrected chi connectivity index (χ1v) is 6.64. The number of nitrogens with zero attached hydrogens (tertiary/aromatic N) is 1. The molecule has 3 rings (SSSR count). The predicted molar refractivity (Wildman–Crippen MR) is 81.2 cm³/mol. The summed E-state index contributed by atoms with van der Waals surface area (Å²) in [6.45, 7) is 0.136. The van der Waals surface area contributed by atoms with Crippen LogP contribution in [0.25, 0.3) is 11.6 Å². The topological polar surface area (TPSA) is 98.9 Å². The van der Waals surface area contributed by atoms with Gasteiger partial charge in [0.25, 0.3) is 5.69 Å². The summed E-state index contributed by atoms with van der Waals surface area (Å²) < 4.78 is 10.5. The molecule has 0 saturated carbocycles. The third-order valence-electron chi connectivity index (χ3n) is 3.33. The SMILES string of the molecule is O=C(O)/C(=C\c1ccc2c(c1)OCO2)c1ccc([N+](=O)[O-])cc1. The fraction of sp³-hybridized carbons (Fsp3) is 0.0625. The number of benzene rings is 2. The van der Waals surface area contributed by atoms with E-state index in [2.05, 4.69) is 0 Å². The van der Waals surface area contributed by atoms with Crippen molar-refractivity contribution >= 4 is 23.3 Å². The van der Waals surface area contributed by atoms with Crippen molar-refractivity contribution in [1.29, 1.82) is 0 Å². The van der Waals surface area contributed by atoms with Gasteiger partial charge in [-0.25, -0.2) is 4.79 Å². The van der Waals surface area contributed by atoms with Crippen molar-refractivity contribution in [2.75, 3.05) is 6.79 Å². The van der Waals surface area contributed by atoms with Gasteiger partial charge < -0.3 is 14.6 Å². The number of carboxylic acids is 1. The van der Waals surface area contributed by atoms with Crippen LogP contribution < -0.4 is 9.47 Å². The third-order valence-corrected chi connectivity index (χ3v) is 3.33. The Labute approximate surface area is 130 Å². The minimum Gasteiger partial charge on any atom is -0.478 e. The molecule has 2 aromatic rings. The molecule has 1 heterocycles. The number of non-ortho nitro benzene ring substituents is 1. The van der Waals surface area contributed by atoms with Crippen LogP contribution in [0.3, 0.4) is 0 Å². The van der Waals surface area contributed by atoms with Crippen LogP contribution in [0.1, 0.15) is 11.1 Å². The van der Waals surface area contributed by atoms with E-state index < -0.39 is 10.9 Å². The molecule has 116 valence electrons. The highest BCUT2D eigenvalue weighted by Gasteiger charge is 2.15. The highest BCUT2D eigenvalue weighted by molar-refractivity contribution is 6.20. The highest BCUT2D eigenvalue weighted by Crippen LogP contribution is 2.33. The van der Waals surface area contributed by atoms with Crippen molar-refractivity contribution in [1.82, 2.24) is 0 Å². The van der Waals surface area contributed by atoms with Crippen molar-refractivity contribution in [2.45, 2.75) is 0 Å². The molecule has 0 amide bonds. The number of fused-ring (bicyclic) bond motifs is 1. The lowest BCUT2D eigenvalue weighted by Gasteiger charge is -2.04. The number of ether oxygens (including phenoxy) is 2. The van der Waals surface area contributed by atoms with E-state index >= 15 is 0 Å². The lowest BCUT2D eigenvalue weighted by molar-refractivity contribution is -0.384. The first kappa shape index (κ1) is 14.6. The molecule has 2 aromatic carbocycles. The van der Waals surface area contributed by atoms with Gasteiger partial charge in [0.05, 0.1) is 10.5 Å². The maximum Gasteiger partial charge on any atom is 0.336 e. The molecule has 0 aromatic heterocycles. The van der Waals surface area contributed by atoms with E-state index in [4.69, 9.17) is 9.47 Å². The summed E-state index contributed by atoms with van der Waals surface area (Å²) in [5.74, 6) is 0.0260. The zero-order chi connectivity index (χ0) is 16.4. The fourth-order valence-electron chi connectivity index (χ4n) is 2.20. The molecular formula is C16H11NO6. The van der Waals surface area contributed by atoms with E-state index in [0.717, 1.165) is 0 Å². The van der Waals surface area contributed by atoms with Gasteiger partial charge in [-0.1, -0.05) is 6.07 Å². The van der Waals surface area contributed by atoms with E-state index in [1.165, 1.54) is 30.3 Å². The third kappa shape index (κ3) is 2.98. The normalized spacial score (nSPS) is 13.0. The van der Waals surface area contributed by atoms with Crippen LogP contribution >= 0.6 is 0 Å². The number of carboxylic acid groups (broad SMARTS) is 1. The van der Waals surface area contributed by atoms with Gasteiger partial charge in [0.2, 0.25) is 6.79 Å². The van der Waals surface area contributed by atoms with Crippen LogP contribution in [0.15, 0.2) is 42.5 Å². The summed E-state index contributed by atoms with van der Waals surface area (Å²) in [7, 11) is 0. The van der Waals surface area contributed by atoms with E-state index in [9.17, 15) is 20.0 Å². The quantitative estimate of drug-likeness (QED) is 0.403. The van der Waals surface area contributed by atoms with E-state index in [0.29, 0.717) is 22.6 Å². The maximum absolute atomic E-state index is 11.5. The lowest BCUT2D eigenvalue weighted by Crippen LogP contribution is -2.00. The Morgan fingerprint density at radius 3 is 2.48 bits per heavy atom. The molecule has 7 nitrogen and oxygen atoms in total. The van der Waals surface area contributed by atoms with Gasteiger partial charge in [0, 0.05) is 12.1 Å². The average molecular weight is 313 g/mol. The number of hydrogen-bond donors (Lipinski definition) is 1. The van der Waals surface area contributed by atoms with Crippen LogP contribution in [-0.4, -0.2) is 22.8 Å². The van der Waals surface area contributed by atoms with Crippen molar-refractivity contribution in [2.24, 2.45) is 0 Å². The molecule has 0 radical (unpaired) electrons. The second-order valence-electron chi connectivity index (χ2n) is 4.78. The molecule has 0 bridgehead atoms.